The Labute approximate surface area is 52.7 Å². The summed E-state index contributed by atoms with van der Waals surface area (Å²) in [6.45, 7) is 1.81. The van der Waals surface area contributed by atoms with Gasteiger partial charge in [0.25, 0.3) is 0 Å². The second-order valence-corrected chi connectivity index (χ2v) is 2.75. The van der Waals surface area contributed by atoms with Crippen LogP contribution in [0.5, 0.6) is 0 Å². The summed E-state index contributed by atoms with van der Waals surface area (Å²) in [5.74, 6) is 0. The topological polar surface area (TPSA) is 23.8 Å². The Kier molecular flexibility index (Phi) is 4.06. The van der Waals surface area contributed by atoms with Crippen LogP contribution in [0.1, 0.15) is 6.92 Å². The minimum atomic E-state index is 0.0116. The molecule has 38 valence electrons. The number of thiocarbonyl (C=S) groups is 1. The van der Waals surface area contributed by atoms with Gasteiger partial charge in [0.2, 0.25) is 0 Å². The zero-order valence-corrected chi connectivity index (χ0v) is 5.55. The first-order valence-corrected chi connectivity index (χ1v) is 3.21. The number of nitriles is 1. The Hall–Kier alpha value is -0.0700. The highest BCUT2D eigenvalue weighted by Gasteiger charge is 1.92. The molecular formula is C4H5NS2. The van der Waals surface area contributed by atoms with Gasteiger partial charge in [0.15, 0.2) is 0 Å². The fourth-order valence-corrected chi connectivity index (χ4v) is 0.841. The van der Waals surface area contributed by atoms with E-state index in [2.05, 4.69) is 12.2 Å². The second kappa shape index (κ2) is 4.10. The summed E-state index contributed by atoms with van der Waals surface area (Å²) in [5, 5.41) is 8.14. The van der Waals surface area contributed by atoms with Crippen LogP contribution in [0.3, 0.4) is 0 Å². The van der Waals surface area contributed by atoms with E-state index in [1.807, 2.05) is 13.0 Å². The zero-order valence-electron chi connectivity index (χ0n) is 3.92. The molecule has 0 amide bonds. The van der Waals surface area contributed by atoms with E-state index in [9.17, 15) is 0 Å². The lowest BCUT2D eigenvalue weighted by Crippen LogP contribution is -1.86. The van der Waals surface area contributed by atoms with Crippen molar-refractivity contribution < 1.29 is 0 Å². The Morgan fingerprint density at radius 2 is 2.57 bits per heavy atom. The van der Waals surface area contributed by atoms with Gasteiger partial charge in [-0.3, -0.25) is 0 Å². The van der Waals surface area contributed by atoms with Gasteiger partial charge in [-0.25, -0.2) is 0 Å². The van der Waals surface area contributed by atoms with Crippen LogP contribution in [0.15, 0.2) is 0 Å². The van der Waals surface area contributed by atoms with Gasteiger partial charge in [-0.2, -0.15) is 5.26 Å². The molecule has 0 spiro atoms. The maximum Gasteiger partial charge on any atom is 0.0937 e. The normalized spacial score (nSPS) is 12.0. The van der Waals surface area contributed by atoms with Crippen molar-refractivity contribution in [2.75, 3.05) is 0 Å². The molecule has 0 saturated carbocycles. The summed E-state index contributed by atoms with van der Waals surface area (Å²) in [4.78, 5) is 0. The maximum absolute atomic E-state index is 8.13. The van der Waals surface area contributed by atoms with Gasteiger partial charge in [-0.1, -0.05) is 12.2 Å². The van der Waals surface area contributed by atoms with Crippen molar-refractivity contribution >= 4 is 28.7 Å². The van der Waals surface area contributed by atoms with E-state index in [0.29, 0.717) is 0 Å². The molecule has 0 N–H and O–H groups in total. The van der Waals surface area contributed by atoms with Crippen LogP contribution in [0, 0.1) is 11.3 Å². The fourth-order valence-electron chi connectivity index (χ4n) is 0.114. The third-order valence-electron chi connectivity index (χ3n) is 0.441. The molecule has 0 heterocycles. The van der Waals surface area contributed by atoms with Gasteiger partial charge >= 0.3 is 0 Å². The molecule has 0 aliphatic rings. The molecule has 0 rings (SSSR count). The van der Waals surface area contributed by atoms with Crippen LogP contribution in [0.25, 0.3) is 0 Å². The van der Waals surface area contributed by atoms with Gasteiger partial charge in [-0.05, 0) is 6.92 Å². The average molecular weight is 131 g/mol. The predicted molar refractivity (Wildman–Crippen MR) is 36.3 cm³/mol. The molecule has 0 saturated heterocycles. The lowest BCUT2D eigenvalue weighted by Gasteiger charge is -1.88. The Morgan fingerprint density at radius 3 is 2.71 bits per heavy atom. The van der Waals surface area contributed by atoms with Crippen molar-refractivity contribution in [1.82, 2.24) is 0 Å². The average Bonchev–Trinajstić information content (AvgIpc) is 1.68. The van der Waals surface area contributed by atoms with Crippen molar-refractivity contribution in [3.63, 3.8) is 0 Å². The highest BCUT2D eigenvalue weighted by molar-refractivity contribution is 8.21. The first-order valence-electron chi connectivity index (χ1n) is 1.80. The largest absolute Gasteiger partial charge is 0.197 e. The maximum atomic E-state index is 8.13. The monoisotopic (exact) mass is 131 g/mol. The molecule has 0 aromatic heterocycles. The van der Waals surface area contributed by atoms with Crippen LogP contribution >= 0.6 is 24.0 Å². The first kappa shape index (κ1) is 6.93. The van der Waals surface area contributed by atoms with Crippen molar-refractivity contribution in [2.45, 2.75) is 12.2 Å². The number of rotatable bonds is 2. The lowest BCUT2D eigenvalue weighted by molar-refractivity contribution is 1.25. The van der Waals surface area contributed by atoms with Crippen molar-refractivity contribution in [1.29, 1.82) is 5.26 Å². The highest BCUT2D eigenvalue weighted by Crippen LogP contribution is 2.03. The molecule has 0 aliphatic carbocycles. The summed E-state index contributed by atoms with van der Waals surface area (Å²) in [6.07, 6.45) is 0. The molecule has 1 atom stereocenters. The van der Waals surface area contributed by atoms with Crippen molar-refractivity contribution in [3.05, 3.63) is 0 Å². The molecule has 1 nitrogen and oxygen atoms in total. The van der Waals surface area contributed by atoms with Crippen LogP contribution < -0.4 is 0 Å². The Bertz CT molecular complexity index is 94.4. The molecule has 1 unspecified atom stereocenters. The number of thioether (sulfide) groups is 1. The fraction of sp³-hybridized carbons (Fsp3) is 0.500. The van der Waals surface area contributed by atoms with Gasteiger partial charge < -0.3 is 0 Å². The second-order valence-electron chi connectivity index (χ2n) is 1.00. The minimum absolute atomic E-state index is 0.0116. The van der Waals surface area contributed by atoms with E-state index in [4.69, 9.17) is 5.26 Å². The molecule has 3 heteroatoms. The third-order valence-corrected chi connectivity index (χ3v) is 1.40. The standard InChI is InChI=1S/C4H5NS2/c1-4(2-5)7-3-6/h3-4H,1H3. The summed E-state index contributed by atoms with van der Waals surface area (Å²) >= 11 is 5.84. The SMILES string of the molecule is CC(C#N)SC=S. The van der Waals surface area contributed by atoms with Crippen molar-refractivity contribution in [3.8, 4) is 6.07 Å². The van der Waals surface area contributed by atoms with Crippen LogP contribution in [-0.2, 0) is 0 Å². The Balaban J connectivity index is 3.21. The summed E-state index contributed by atoms with van der Waals surface area (Å²) in [6, 6.07) is 2.03. The van der Waals surface area contributed by atoms with Crippen LogP contribution in [0.2, 0.25) is 0 Å². The van der Waals surface area contributed by atoms with Gasteiger partial charge in [0, 0.05) is 4.70 Å². The highest BCUT2D eigenvalue weighted by atomic mass is 32.2. The summed E-state index contributed by atoms with van der Waals surface area (Å²) < 4.78 is 1.51. The van der Waals surface area contributed by atoms with E-state index >= 15 is 0 Å². The van der Waals surface area contributed by atoms with E-state index in [0.717, 1.165) is 0 Å². The molecular weight excluding hydrogens is 126 g/mol. The van der Waals surface area contributed by atoms with Gasteiger partial charge in [-0.15, -0.1) is 11.8 Å². The molecule has 0 radical (unpaired) electrons. The molecule has 7 heavy (non-hydrogen) atoms. The molecule has 0 bridgehead atoms. The molecule has 0 fully saturated rings. The zero-order chi connectivity index (χ0) is 5.70. The molecule has 0 aromatic carbocycles. The van der Waals surface area contributed by atoms with Crippen LogP contribution in [-0.4, -0.2) is 9.95 Å². The van der Waals surface area contributed by atoms with E-state index in [1.165, 1.54) is 16.5 Å². The van der Waals surface area contributed by atoms with E-state index in [1.54, 1.807) is 0 Å². The smallest absolute Gasteiger partial charge is 0.0937 e. The minimum Gasteiger partial charge on any atom is -0.197 e. The van der Waals surface area contributed by atoms with Crippen LogP contribution in [0.4, 0.5) is 0 Å². The lowest BCUT2D eigenvalue weighted by atomic mass is 10.5. The quantitative estimate of drug-likeness (QED) is 0.532. The third kappa shape index (κ3) is 3.77. The van der Waals surface area contributed by atoms with Crippen molar-refractivity contribution in [2.24, 2.45) is 0 Å². The molecule has 0 aliphatic heterocycles. The number of nitrogens with zero attached hydrogens (tertiary/aromatic N) is 1. The Morgan fingerprint density at radius 1 is 2.00 bits per heavy atom. The molecule has 0 aromatic rings. The number of hydrogen-bond donors (Lipinski definition) is 0. The van der Waals surface area contributed by atoms with Gasteiger partial charge in [0.05, 0.1) is 11.3 Å². The van der Waals surface area contributed by atoms with E-state index in [-0.39, 0.29) is 5.25 Å². The number of hydrogen-bond acceptors (Lipinski definition) is 3. The predicted octanol–water partition coefficient (Wildman–Crippen LogP) is 1.59. The summed E-state index contributed by atoms with van der Waals surface area (Å²) in [7, 11) is 0. The first-order chi connectivity index (χ1) is 3.31. The van der Waals surface area contributed by atoms with E-state index < -0.39 is 0 Å². The summed E-state index contributed by atoms with van der Waals surface area (Å²) in [5.41, 5.74) is 0. The van der Waals surface area contributed by atoms with Gasteiger partial charge in [0.1, 0.15) is 0 Å².